The highest BCUT2D eigenvalue weighted by Crippen LogP contribution is 2.22. The minimum atomic E-state index is -0.0682. The second kappa shape index (κ2) is 7.63. The van der Waals surface area contributed by atoms with Crippen LogP contribution in [-0.4, -0.2) is 11.7 Å². The zero-order chi connectivity index (χ0) is 14.2. The average molecular weight is 267 g/mol. The lowest BCUT2D eigenvalue weighted by molar-refractivity contribution is 0.233. The summed E-state index contributed by atoms with van der Waals surface area (Å²) >= 11 is 0. The van der Waals surface area contributed by atoms with Crippen LogP contribution in [0.5, 0.6) is 0 Å². The maximum absolute atomic E-state index is 9.66. The standard InChI is InChI=1S/C18H21NO/c1-2-9-17(15-10-5-3-6-11-15)19-18(14-20)16-12-7-4-8-13-16/h2-8,10-13,17-20H,1,9,14H2/t17-,18+/m0/s1. The van der Waals surface area contributed by atoms with E-state index >= 15 is 0 Å². The number of benzene rings is 2. The van der Waals surface area contributed by atoms with Crippen molar-refractivity contribution in [3.05, 3.63) is 84.4 Å². The van der Waals surface area contributed by atoms with E-state index in [2.05, 4.69) is 24.0 Å². The Morgan fingerprint density at radius 2 is 1.40 bits per heavy atom. The molecule has 2 N–H and O–H groups in total. The van der Waals surface area contributed by atoms with E-state index in [-0.39, 0.29) is 18.7 Å². The predicted octanol–water partition coefficient (Wildman–Crippen LogP) is 3.63. The van der Waals surface area contributed by atoms with Gasteiger partial charge in [-0.15, -0.1) is 6.58 Å². The maximum atomic E-state index is 9.66. The Morgan fingerprint density at radius 1 is 0.900 bits per heavy atom. The monoisotopic (exact) mass is 267 g/mol. The molecule has 2 aromatic rings. The van der Waals surface area contributed by atoms with Crippen LogP contribution in [0, 0.1) is 0 Å². The van der Waals surface area contributed by atoms with Crippen LogP contribution in [0.2, 0.25) is 0 Å². The van der Waals surface area contributed by atoms with Crippen LogP contribution in [0.4, 0.5) is 0 Å². The molecule has 0 saturated heterocycles. The lowest BCUT2D eigenvalue weighted by Gasteiger charge is -2.24. The molecular weight excluding hydrogens is 246 g/mol. The first-order valence-electron chi connectivity index (χ1n) is 6.93. The van der Waals surface area contributed by atoms with Crippen LogP contribution in [0.25, 0.3) is 0 Å². The molecule has 0 heterocycles. The van der Waals surface area contributed by atoms with E-state index in [0.717, 1.165) is 12.0 Å². The van der Waals surface area contributed by atoms with Crippen LogP contribution in [0.3, 0.4) is 0 Å². The Kier molecular flexibility index (Phi) is 5.54. The molecule has 0 amide bonds. The Morgan fingerprint density at radius 3 is 1.85 bits per heavy atom. The summed E-state index contributed by atoms with van der Waals surface area (Å²) in [4.78, 5) is 0. The van der Waals surface area contributed by atoms with Crippen molar-refractivity contribution in [2.75, 3.05) is 6.61 Å². The van der Waals surface area contributed by atoms with E-state index in [1.54, 1.807) is 0 Å². The highest BCUT2D eigenvalue weighted by Gasteiger charge is 2.16. The van der Waals surface area contributed by atoms with Gasteiger partial charge >= 0.3 is 0 Å². The van der Waals surface area contributed by atoms with Gasteiger partial charge in [-0.25, -0.2) is 0 Å². The molecule has 0 radical (unpaired) electrons. The molecule has 0 aliphatic rings. The van der Waals surface area contributed by atoms with Gasteiger partial charge in [-0.1, -0.05) is 66.7 Å². The number of hydrogen-bond acceptors (Lipinski definition) is 2. The third-order valence-corrected chi connectivity index (χ3v) is 3.39. The quantitative estimate of drug-likeness (QED) is 0.751. The summed E-state index contributed by atoms with van der Waals surface area (Å²) in [7, 11) is 0. The molecule has 0 spiro atoms. The van der Waals surface area contributed by atoms with Crippen molar-refractivity contribution in [1.29, 1.82) is 0 Å². The second-order valence-electron chi connectivity index (χ2n) is 4.80. The van der Waals surface area contributed by atoms with Crippen molar-refractivity contribution in [2.24, 2.45) is 0 Å². The molecule has 104 valence electrons. The molecule has 2 rings (SSSR count). The summed E-state index contributed by atoms with van der Waals surface area (Å²) in [5, 5.41) is 13.2. The molecule has 0 fully saturated rings. The molecule has 2 heteroatoms. The molecule has 2 aromatic carbocycles. The predicted molar refractivity (Wildman–Crippen MR) is 83.4 cm³/mol. The summed E-state index contributed by atoms with van der Waals surface area (Å²) < 4.78 is 0. The van der Waals surface area contributed by atoms with Crippen LogP contribution in [0.15, 0.2) is 73.3 Å². The number of rotatable bonds is 7. The van der Waals surface area contributed by atoms with Gasteiger partial charge in [0.25, 0.3) is 0 Å². The molecule has 0 aromatic heterocycles. The molecule has 2 atom stereocenters. The van der Waals surface area contributed by atoms with Crippen molar-refractivity contribution in [3.8, 4) is 0 Å². The van der Waals surface area contributed by atoms with Gasteiger partial charge in [-0.05, 0) is 17.5 Å². The second-order valence-corrected chi connectivity index (χ2v) is 4.80. The van der Waals surface area contributed by atoms with E-state index < -0.39 is 0 Å². The van der Waals surface area contributed by atoms with Gasteiger partial charge in [0.15, 0.2) is 0 Å². The highest BCUT2D eigenvalue weighted by molar-refractivity contribution is 5.23. The van der Waals surface area contributed by atoms with Gasteiger partial charge in [-0.3, -0.25) is 0 Å². The zero-order valence-electron chi connectivity index (χ0n) is 11.6. The molecule has 0 saturated carbocycles. The molecule has 20 heavy (non-hydrogen) atoms. The van der Waals surface area contributed by atoms with E-state index in [9.17, 15) is 5.11 Å². The van der Waals surface area contributed by atoms with Gasteiger partial charge in [0.1, 0.15) is 0 Å². The first-order chi connectivity index (χ1) is 9.85. The van der Waals surface area contributed by atoms with Gasteiger partial charge < -0.3 is 10.4 Å². The van der Waals surface area contributed by atoms with Crippen LogP contribution < -0.4 is 5.32 Å². The number of aliphatic hydroxyl groups is 1. The zero-order valence-corrected chi connectivity index (χ0v) is 11.6. The summed E-state index contributed by atoms with van der Waals surface area (Å²) in [6.45, 7) is 3.90. The first-order valence-corrected chi connectivity index (χ1v) is 6.93. The van der Waals surface area contributed by atoms with Gasteiger partial charge in [0, 0.05) is 6.04 Å². The van der Waals surface area contributed by atoms with Crippen molar-refractivity contribution in [1.82, 2.24) is 5.32 Å². The SMILES string of the molecule is C=CC[C@H](N[C@H](CO)c1ccccc1)c1ccccc1. The fourth-order valence-electron chi connectivity index (χ4n) is 2.33. The third-order valence-electron chi connectivity index (χ3n) is 3.39. The summed E-state index contributed by atoms with van der Waals surface area (Å²) in [6, 6.07) is 20.4. The van der Waals surface area contributed by atoms with Crippen molar-refractivity contribution < 1.29 is 5.11 Å². The summed E-state index contributed by atoms with van der Waals surface area (Å²) in [5.41, 5.74) is 2.31. The largest absolute Gasteiger partial charge is 0.394 e. The minimum Gasteiger partial charge on any atom is -0.394 e. The van der Waals surface area contributed by atoms with Crippen LogP contribution >= 0.6 is 0 Å². The smallest absolute Gasteiger partial charge is 0.0626 e. The van der Waals surface area contributed by atoms with Crippen molar-refractivity contribution >= 4 is 0 Å². The first kappa shape index (κ1) is 14.5. The van der Waals surface area contributed by atoms with Crippen LogP contribution in [-0.2, 0) is 0 Å². The number of hydrogen-bond donors (Lipinski definition) is 2. The highest BCUT2D eigenvalue weighted by atomic mass is 16.3. The lowest BCUT2D eigenvalue weighted by Crippen LogP contribution is -2.28. The summed E-state index contributed by atoms with van der Waals surface area (Å²) in [5.74, 6) is 0. The number of aliphatic hydroxyl groups excluding tert-OH is 1. The van der Waals surface area contributed by atoms with Crippen LogP contribution in [0.1, 0.15) is 29.6 Å². The molecule has 2 nitrogen and oxygen atoms in total. The van der Waals surface area contributed by atoms with E-state index in [0.29, 0.717) is 0 Å². The minimum absolute atomic E-state index is 0.0682. The molecule has 0 bridgehead atoms. The molecule has 0 unspecified atom stereocenters. The Labute approximate surface area is 120 Å². The van der Waals surface area contributed by atoms with E-state index in [4.69, 9.17) is 0 Å². The van der Waals surface area contributed by atoms with Crippen molar-refractivity contribution in [2.45, 2.75) is 18.5 Å². The lowest BCUT2D eigenvalue weighted by atomic mass is 10.0. The van der Waals surface area contributed by atoms with Crippen molar-refractivity contribution in [3.63, 3.8) is 0 Å². The summed E-state index contributed by atoms with van der Waals surface area (Å²) in [6.07, 6.45) is 2.73. The van der Waals surface area contributed by atoms with E-state index in [1.807, 2.05) is 54.6 Å². The molecule has 0 aliphatic carbocycles. The normalized spacial score (nSPS) is 13.7. The maximum Gasteiger partial charge on any atom is 0.0626 e. The Bertz CT molecular complexity index is 509. The van der Waals surface area contributed by atoms with Gasteiger partial charge in [0.2, 0.25) is 0 Å². The third kappa shape index (κ3) is 3.80. The number of nitrogens with one attached hydrogen (secondary N) is 1. The topological polar surface area (TPSA) is 32.3 Å². The van der Waals surface area contributed by atoms with E-state index in [1.165, 1.54) is 5.56 Å². The van der Waals surface area contributed by atoms with Gasteiger partial charge in [-0.2, -0.15) is 0 Å². The Hall–Kier alpha value is -1.90. The average Bonchev–Trinajstić information content (AvgIpc) is 2.53. The fraction of sp³-hybridized carbons (Fsp3) is 0.222. The fourth-order valence-corrected chi connectivity index (χ4v) is 2.33. The molecule has 0 aliphatic heterocycles. The van der Waals surface area contributed by atoms with Gasteiger partial charge in [0.05, 0.1) is 12.6 Å². The Balaban J connectivity index is 2.16. The molecular formula is C18H21NO.